The van der Waals surface area contributed by atoms with Gasteiger partial charge in [-0.25, -0.2) is 0 Å². The third-order valence-corrected chi connectivity index (χ3v) is 5.45. The highest BCUT2D eigenvalue weighted by atomic mass is 35.5. The second kappa shape index (κ2) is 20.9. The molecule has 0 heterocycles. The smallest absolute Gasteiger partial charge is 0.293 e. The van der Waals surface area contributed by atoms with E-state index in [9.17, 15) is 9.59 Å². The molecule has 0 radical (unpaired) electrons. The average Bonchev–Trinajstić information content (AvgIpc) is 2.90. The summed E-state index contributed by atoms with van der Waals surface area (Å²) in [6, 6.07) is 17.9. The second-order valence-electron chi connectivity index (χ2n) is 8.48. The van der Waals surface area contributed by atoms with Gasteiger partial charge in [-0.2, -0.15) is 0 Å². The van der Waals surface area contributed by atoms with Crippen LogP contribution in [0.3, 0.4) is 0 Å². The van der Waals surface area contributed by atoms with Crippen LogP contribution in [0.15, 0.2) is 91.2 Å². The molecule has 2 rings (SSSR count). The van der Waals surface area contributed by atoms with Gasteiger partial charge in [0.2, 0.25) is 6.41 Å². The molecule has 1 amide bonds. The van der Waals surface area contributed by atoms with Crippen molar-refractivity contribution in [1.29, 1.82) is 0 Å². The van der Waals surface area contributed by atoms with Crippen molar-refractivity contribution in [2.24, 2.45) is 11.7 Å². The molecule has 0 saturated heterocycles. The molecule has 0 aliphatic rings. The van der Waals surface area contributed by atoms with Crippen LogP contribution in [0, 0.1) is 5.92 Å². The number of nitrogens with zero attached hydrogens (tertiary/aromatic N) is 1. The van der Waals surface area contributed by atoms with Crippen molar-refractivity contribution < 1.29 is 14.3 Å². The fraction of sp³-hybridized carbons (Fsp3) is 0.333. The first-order valence-electron chi connectivity index (χ1n) is 12.1. The number of hydrogen-bond acceptors (Lipinski definition) is 5. The number of halogens is 1. The number of nitrogens with one attached hydrogen (secondary N) is 1. The fourth-order valence-corrected chi connectivity index (χ4v) is 3.50. The van der Waals surface area contributed by atoms with Crippen LogP contribution in [0.4, 0.5) is 0 Å². The number of hydrogen-bond donors (Lipinski definition) is 2. The Morgan fingerprint density at radius 3 is 2.16 bits per heavy atom. The van der Waals surface area contributed by atoms with Crippen LogP contribution in [-0.4, -0.2) is 45.5 Å². The van der Waals surface area contributed by atoms with Gasteiger partial charge in [-0.15, -0.1) is 6.58 Å². The summed E-state index contributed by atoms with van der Waals surface area (Å²) in [6.45, 7) is 8.94. The molecule has 3 N–H and O–H groups in total. The third kappa shape index (κ3) is 14.2. The minimum absolute atomic E-state index is 0.126. The Morgan fingerprint density at radius 1 is 1.05 bits per heavy atom. The Balaban J connectivity index is 0.000000702. The zero-order chi connectivity index (χ0) is 28.1. The van der Waals surface area contributed by atoms with Crippen LogP contribution in [0.5, 0.6) is 0 Å². The molecule has 2 unspecified atom stereocenters. The van der Waals surface area contributed by atoms with E-state index in [2.05, 4.69) is 43.6 Å². The first-order chi connectivity index (χ1) is 17.8. The first kappa shape index (κ1) is 33.8. The van der Waals surface area contributed by atoms with Gasteiger partial charge in [-0.05, 0) is 62.3 Å². The lowest BCUT2D eigenvalue weighted by Gasteiger charge is -2.23. The Hall–Kier alpha value is -3.19. The van der Waals surface area contributed by atoms with E-state index in [1.807, 2.05) is 79.7 Å². The van der Waals surface area contributed by atoms with E-state index in [1.54, 1.807) is 6.20 Å². The van der Waals surface area contributed by atoms with Gasteiger partial charge in [-0.3, -0.25) is 14.5 Å². The lowest BCUT2D eigenvalue weighted by Crippen LogP contribution is -2.24. The van der Waals surface area contributed by atoms with E-state index in [0.29, 0.717) is 30.4 Å². The van der Waals surface area contributed by atoms with Crippen LogP contribution < -0.4 is 11.1 Å². The highest BCUT2D eigenvalue weighted by Gasteiger charge is 2.14. The van der Waals surface area contributed by atoms with Crippen molar-refractivity contribution >= 4 is 24.5 Å². The molecule has 7 heteroatoms. The van der Waals surface area contributed by atoms with E-state index in [0.717, 1.165) is 23.1 Å². The number of likely N-dealkylation sites (N-methyl/N-ethyl adjacent to an activating group) is 1. The molecule has 0 aliphatic heterocycles. The summed E-state index contributed by atoms with van der Waals surface area (Å²) in [5.41, 5.74) is 7.84. The van der Waals surface area contributed by atoms with Gasteiger partial charge in [0, 0.05) is 17.1 Å². The predicted octanol–water partition coefficient (Wildman–Crippen LogP) is 5.88. The molecule has 202 valence electrons. The molecule has 0 aromatic heterocycles. The molecule has 37 heavy (non-hydrogen) atoms. The molecule has 2 atom stereocenters. The number of amides is 1. The standard InChI is InChI=1S/C18H22ClNO.C11H15NO2.CH5N/c1-4-5-18(15-8-10-17(19)11-9-15)16(12-20-13-21)7-6-14(2)3;1-12(2)11(8-14-9-13)10-6-4-3-5-7-10;1-2/h4,6-14,18H,1,5H2,2-3H3,(H,20,21);3-7,9,11H,8H2,1-2H3;2H2,1H3/b7-6-,16-12+;;. The lowest BCUT2D eigenvalue weighted by atomic mass is 9.88. The average molecular weight is 528 g/mol. The SMILES string of the molecule is C=CCC(C(/C=C\C(C)C)=C/NC=O)c1ccc(Cl)cc1.CN.CN(C)C(COC=O)c1ccccc1. The van der Waals surface area contributed by atoms with Crippen LogP contribution >= 0.6 is 11.6 Å². The van der Waals surface area contributed by atoms with Crippen LogP contribution in [0.1, 0.15) is 43.4 Å². The number of carbonyl (C=O) groups is 2. The lowest BCUT2D eigenvalue weighted by molar-refractivity contribution is -0.130. The van der Waals surface area contributed by atoms with Crippen LogP contribution in [-0.2, 0) is 14.3 Å². The van der Waals surface area contributed by atoms with E-state index in [4.69, 9.17) is 16.3 Å². The minimum Gasteiger partial charge on any atom is -0.466 e. The van der Waals surface area contributed by atoms with Gasteiger partial charge < -0.3 is 15.8 Å². The summed E-state index contributed by atoms with van der Waals surface area (Å²) in [6.07, 6.45) is 9.27. The van der Waals surface area contributed by atoms with Gasteiger partial charge in [0.15, 0.2) is 0 Å². The summed E-state index contributed by atoms with van der Waals surface area (Å²) in [5, 5.41) is 3.35. The number of allylic oxidation sites excluding steroid dienone is 4. The largest absolute Gasteiger partial charge is 0.466 e. The van der Waals surface area contributed by atoms with Gasteiger partial charge in [0.05, 0.1) is 6.04 Å². The Kier molecular flexibility index (Phi) is 19.1. The molecule has 0 saturated carbocycles. The van der Waals surface area contributed by atoms with Crippen molar-refractivity contribution in [3.05, 3.63) is 107 Å². The molecule has 2 aromatic carbocycles. The molecular weight excluding hydrogens is 486 g/mol. The molecule has 6 nitrogen and oxygen atoms in total. The summed E-state index contributed by atoms with van der Waals surface area (Å²) >= 11 is 5.95. The minimum atomic E-state index is 0.126. The van der Waals surface area contributed by atoms with Crippen molar-refractivity contribution in [3.8, 4) is 0 Å². The van der Waals surface area contributed by atoms with Crippen molar-refractivity contribution in [2.45, 2.75) is 32.2 Å². The summed E-state index contributed by atoms with van der Waals surface area (Å²) < 4.78 is 4.79. The normalized spacial score (nSPS) is 12.5. The van der Waals surface area contributed by atoms with Crippen molar-refractivity contribution in [1.82, 2.24) is 10.2 Å². The molecule has 0 aliphatic carbocycles. The molecule has 0 spiro atoms. The van der Waals surface area contributed by atoms with E-state index in [-0.39, 0.29) is 12.0 Å². The van der Waals surface area contributed by atoms with Crippen LogP contribution in [0.25, 0.3) is 0 Å². The maximum absolute atomic E-state index is 10.6. The number of carbonyl (C=O) groups excluding carboxylic acids is 2. The highest BCUT2D eigenvalue weighted by molar-refractivity contribution is 6.30. The summed E-state index contributed by atoms with van der Waals surface area (Å²) in [7, 11) is 5.43. The number of ether oxygens (including phenoxy) is 1. The highest BCUT2D eigenvalue weighted by Crippen LogP contribution is 2.30. The molecular formula is C30H42ClN3O3. The monoisotopic (exact) mass is 527 g/mol. The molecule has 0 bridgehead atoms. The van der Waals surface area contributed by atoms with Crippen LogP contribution in [0.2, 0.25) is 5.02 Å². The van der Waals surface area contributed by atoms with Gasteiger partial charge in [-0.1, -0.05) is 86.1 Å². The number of benzene rings is 2. The van der Waals surface area contributed by atoms with Gasteiger partial charge >= 0.3 is 0 Å². The number of rotatable bonds is 13. The van der Waals surface area contributed by atoms with Gasteiger partial charge in [0.1, 0.15) is 6.61 Å². The Bertz CT molecular complexity index is 942. The predicted molar refractivity (Wildman–Crippen MR) is 155 cm³/mol. The van der Waals surface area contributed by atoms with Crippen molar-refractivity contribution in [2.75, 3.05) is 27.7 Å². The fourth-order valence-electron chi connectivity index (χ4n) is 3.37. The van der Waals surface area contributed by atoms with Gasteiger partial charge in [0.25, 0.3) is 6.47 Å². The Morgan fingerprint density at radius 2 is 1.68 bits per heavy atom. The number of nitrogens with two attached hydrogens (primary N) is 1. The second-order valence-corrected chi connectivity index (χ2v) is 8.92. The quantitative estimate of drug-likeness (QED) is 0.193. The van der Waals surface area contributed by atoms with E-state index in [1.165, 1.54) is 7.05 Å². The Labute approximate surface area is 227 Å². The van der Waals surface area contributed by atoms with E-state index < -0.39 is 0 Å². The molecule has 2 aromatic rings. The van der Waals surface area contributed by atoms with E-state index >= 15 is 0 Å². The zero-order valence-corrected chi connectivity index (χ0v) is 23.4. The third-order valence-electron chi connectivity index (χ3n) is 5.20. The summed E-state index contributed by atoms with van der Waals surface area (Å²) in [4.78, 5) is 22.7. The summed E-state index contributed by atoms with van der Waals surface area (Å²) in [5.74, 6) is 0.585. The van der Waals surface area contributed by atoms with Crippen molar-refractivity contribution in [3.63, 3.8) is 0 Å². The zero-order valence-electron chi connectivity index (χ0n) is 22.6. The maximum Gasteiger partial charge on any atom is 0.293 e. The maximum atomic E-state index is 10.6. The molecule has 0 fully saturated rings. The first-order valence-corrected chi connectivity index (χ1v) is 12.5. The topological polar surface area (TPSA) is 84.7 Å².